The number of rotatable bonds is 7. The molecule has 0 spiro atoms. The van der Waals surface area contributed by atoms with E-state index in [1.54, 1.807) is 32.4 Å². The number of carbonyl (C=O) groups is 1. The largest absolute Gasteiger partial charge is 0.497 e. The van der Waals surface area contributed by atoms with Crippen LogP contribution in [0.1, 0.15) is 11.3 Å². The molecule has 0 atom stereocenters. The number of carbonyl (C=O) groups excluding carboxylic acids is 1. The molecular formula is C26H22N2O3. The van der Waals surface area contributed by atoms with Crippen LogP contribution in [0.4, 0.5) is 0 Å². The average molecular weight is 410 g/mol. The smallest absolute Gasteiger partial charge is 0.178 e. The number of methoxy groups -OCH3 is 2. The van der Waals surface area contributed by atoms with Crippen LogP contribution in [-0.4, -0.2) is 29.4 Å². The third-order valence-corrected chi connectivity index (χ3v) is 4.88. The molecule has 2 aromatic carbocycles. The highest BCUT2D eigenvalue weighted by Gasteiger charge is 2.12. The Morgan fingerprint density at radius 1 is 0.839 bits per heavy atom. The Balaban J connectivity index is 1.61. The number of ether oxygens (including phenoxy) is 2. The maximum absolute atomic E-state index is 12.4. The highest BCUT2D eigenvalue weighted by molar-refractivity contribution is 6.04. The van der Waals surface area contributed by atoms with Crippen LogP contribution in [0.25, 0.3) is 29.1 Å². The van der Waals surface area contributed by atoms with Gasteiger partial charge in [0.05, 0.1) is 25.6 Å². The molecule has 0 aliphatic carbocycles. The number of imidazole rings is 1. The van der Waals surface area contributed by atoms with Crippen LogP contribution in [0.5, 0.6) is 11.5 Å². The van der Waals surface area contributed by atoms with E-state index >= 15 is 0 Å². The molecule has 2 heterocycles. The Hall–Kier alpha value is -4.12. The Labute approximate surface area is 180 Å². The van der Waals surface area contributed by atoms with Gasteiger partial charge in [0.15, 0.2) is 5.78 Å². The number of fused-ring (bicyclic) bond motifs is 1. The molecule has 0 fully saturated rings. The molecule has 5 heteroatoms. The van der Waals surface area contributed by atoms with Crippen molar-refractivity contribution in [3.63, 3.8) is 0 Å². The van der Waals surface area contributed by atoms with Crippen molar-refractivity contribution < 1.29 is 14.3 Å². The fourth-order valence-electron chi connectivity index (χ4n) is 3.28. The van der Waals surface area contributed by atoms with Crippen LogP contribution < -0.4 is 9.47 Å². The zero-order valence-electron chi connectivity index (χ0n) is 17.4. The first-order valence-corrected chi connectivity index (χ1v) is 9.83. The molecule has 4 aromatic rings. The van der Waals surface area contributed by atoms with Gasteiger partial charge in [-0.25, -0.2) is 4.98 Å². The summed E-state index contributed by atoms with van der Waals surface area (Å²) in [6.07, 6.45) is 8.58. The number of aromatic nitrogens is 2. The lowest BCUT2D eigenvalue weighted by molar-refractivity contribution is -0.110. The third-order valence-electron chi connectivity index (χ3n) is 4.88. The van der Waals surface area contributed by atoms with E-state index < -0.39 is 0 Å². The van der Waals surface area contributed by atoms with E-state index in [9.17, 15) is 4.79 Å². The van der Waals surface area contributed by atoms with Crippen molar-refractivity contribution in [2.75, 3.05) is 14.2 Å². The summed E-state index contributed by atoms with van der Waals surface area (Å²) in [7, 11) is 3.27. The van der Waals surface area contributed by atoms with E-state index in [0.29, 0.717) is 0 Å². The first-order valence-electron chi connectivity index (χ1n) is 9.83. The molecule has 0 aliphatic rings. The molecule has 0 amide bonds. The Kier molecular flexibility index (Phi) is 5.94. The van der Waals surface area contributed by atoms with Crippen molar-refractivity contribution in [1.82, 2.24) is 9.38 Å². The van der Waals surface area contributed by atoms with E-state index in [1.165, 1.54) is 6.08 Å². The fraction of sp³-hybridized carbons (Fsp3) is 0.0769. The van der Waals surface area contributed by atoms with Gasteiger partial charge < -0.3 is 9.47 Å². The third kappa shape index (κ3) is 4.56. The summed E-state index contributed by atoms with van der Waals surface area (Å²) < 4.78 is 12.4. The quantitative estimate of drug-likeness (QED) is 0.387. The van der Waals surface area contributed by atoms with Crippen LogP contribution in [0.15, 0.2) is 85.1 Å². The zero-order chi connectivity index (χ0) is 21.6. The van der Waals surface area contributed by atoms with Gasteiger partial charge in [-0.05, 0) is 72.3 Å². The molecule has 5 nitrogen and oxygen atoms in total. The number of benzene rings is 2. The first-order chi connectivity index (χ1) is 15.2. The topological polar surface area (TPSA) is 52.8 Å². The van der Waals surface area contributed by atoms with Crippen LogP contribution in [0.2, 0.25) is 0 Å². The van der Waals surface area contributed by atoms with Gasteiger partial charge in [-0.2, -0.15) is 0 Å². The van der Waals surface area contributed by atoms with Crippen molar-refractivity contribution in [1.29, 1.82) is 0 Å². The number of ketones is 1. The maximum Gasteiger partial charge on any atom is 0.178 e. The van der Waals surface area contributed by atoms with Crippen molar-refractivity contribution in [3.8, 4) is 22.8 Å². The Bertz CT molecular complexity index is 1250. The van der Waals surface area contributed by atoms with E-state index in [-0.39, 0.29) is 5.78 Å². The minimum atomic E-state index is -0.117. The summed E-state index contributed by atoms with van der Waals surface area (Å²) in [5, 5.41) is 0. The molecule has 0 N–H and O–H groups in total. The van der Waals surface area contributed by atoms with Gasteiger partial charge >= 0.3 is 0 Å². The molecule has 0 saturated heterocycles. The molecule has 0 saturated carbocycles. The van der Waals surface area contributed by atoms with Crippen molar-refractivity contribution in [3.05, 3.63) is 96.3 Å². The van der Waals surface area contributed by atoms with Crippen LogP contribution >= 0.6 is 0 Å². The molecule has 2 aromatic heterocycles. The van der Waals surface area contributed by atoms with Crippen LogP contribution in [-0.2, 0) is 4.79 Å². The van der Waals surface area contributed by atoms with E-state index in [2.05, 4.69) is 0 Å². The van der Waals surface area contributed by atoms with Crippen molar-refractivity contribution in [2.24, 2.45) is 0 Å². The minimum absolute atomic E-state index is 0.117. The second-order valence-electron chi connectivity index (χ2n) is 6.85. The number of pyridine rings is 1. The van der Waals surface area contributed by atoms with E-state index in [4.69, 9.17) is 14.5 Å². The summed E-state index contributed by atoms with van der Waals surface area (Å²) in [6, 6.07) is 21.1. The molecule has 0 radical (unpaired) electrons. The van der Waals surface area contributed by atoms with Gasteiger partial charge in [0.25, 0.3) is 0 Å². The average Bonchev–Trinajstić information content (AvgIpc) is 3.20. The lowest BCUT2D eigenvalue weighted by atomic mass is 10.1. The van der Waals surface area contributed by atoms with E-state index in [0.717, 1.165) is 39.7 Å². The monoisotopic (exact) mass is 410 g/mol. The lowest BCUT2D eigenvalue weighted by Crippen LogP contribution is -1.90. The molecular weight excluding hydrogens is 388 g/mol. The SMILES string of the molecule is COc1ccc(/C=C/C(=O)/C=C/c2nc3ccccn3c2-c2ccc(OC)cc2)cc1. The highest BCUT2D eigenvalue weighted by Crippen LogP contribution is 2.28. The lowest BCUT2D eigenvalue weighted by Gasteiger charge is -2.05. The van der Waals surface area contributed by atoms with Gasteiger partial charge in [-0.3, -0.25) is 9.20 Å². The van der Waals surface area contributed by atoms with Gasteiger partial charge in [0.1, 0.15) is 17.1 Å². The zero-order valence-corrected chi connectivity index (χ0v) is 17.4. The predicted octanol–water partition coefficient (Wildman–Crippen LogP) is 5.31. The molecule has 4 rings (SSSR count). The summed E-state index contributed by atoms with van der Waals surface area (Å²) in [5.41, 5.74) is 4.37. The molecule has 0 unspecified atom stereocenters. The molecule has 0 bridgehead atoms. The van der Waals surface area contributed by atoms with Gasteiger partial charge in [-0.1, -0.05) is 24.3 Å². The Morgan fingerprint density at radius 2 is 1.48 bits per heavy atom. The first kappa shape index (κ1) is 20.2. The Morgan fingerprint density at radius 3 is 2.16 bits per heavy atom. The van der Waals surface area contributed by atoms with Crippen molar-refractivity contribution in [2.45, 2.75) is 0 Å². The minimum Gasteiger partial charge on any atom is -0.497 e. The number of nitrogens with zero attached hydrogens (tertiary/aromatic N) is 2. The van der Waals surface area contributed by atoms with Crippen LogP contribution in [0.3, 0.4) is 0 Å². The summed E-state index contributed by atoms with van der Waals surface area (Å²) in [4.78, 5) is 17.1. The van der Waals surface area contributed by atoms with Gasteiger partial charge in [0, 0.05) is 11.8 Å². The summed E-state index contributed by atoms with van der Waals surface area (Å²) in [5.74, 6) is 1.45. The number of allylic oxidation sites excluding steroid dienone is 2. The second-order valence-corrected chi connectivity index (χ2v) is 6.85. The maximum atomic E-state index is 12.4. The number of hydrogen-bond donors (Lipinski definition) is 0. The predicted molar refractivity (Wildman–Crippen MR) is 123 cm³/mol. The van der Waals surface area contributed by atoms with Crippen LogP contribution in [0, 0.1) is 0 Å². The highest BCUT2D eigenvalue weighted by atomic mass is 16.5. The van der Waals surface area contributed by atoms with E-state index in [1.807, 2.05) is 77.3 Å². The molecule has 154 valence electrons. The van der Waals surface area contributed by atoms with Gasteiger partial charge in [-0.15, -0.1) is 0 Å². The standard InChI is InChI=1S/C26H22N2O3/c1-30-22-13-7-19(8-14-22)6-11-21(29)12-17-24-26(20-9-15-23(31-2)16-10-20)28-18-4-3-5-25(28)27-24/h3-18H,1-2H3/b11-6+,17-12+. The number of hydrogen-bond acceptors (Lipinski definition) is 4. The molecule has 31 heavy (non-hydrogen) atoms. The van der Waals surface area contributed by atoms with Crippen molar-refractivity contribution >= 4 is 23.6 Å². The summed E-state index contributed by atoms with van der Waals surface area (Å²) >= 11 is 0. The van der Waals surface area contributed by atoms with Gasteiger partial charge in [0.2, 0.25) is 0 Å². The molecule has 0 aliphatic heterocycles. The normalized spacial score (nSPS) is 11.4. The fourth-order valence-corrected chi connectivity index (χ4v) is 3.28. The second kappa shape index (κ2) is 9.13. The summed E-state index contributed by atoms with van der Waals surface area (Å²) in [6.45, 7) is 0.